The zero-order chi connectivity index (χ0) is 18.9. The van der Waals surface area contributed by atoms with Crippen molar-refractivity contribution in [3.63, 3.8) is 0 Å². The zero-order valence-corrected chi connectivity index (χ0v) is 17.3. The van der Waals surface area contributed by atoms with Crippen LogP contribution in [0.25, 0.3) is 0 Å². The number of hydrogen-bond donors (Lipinski definition) is 2. The van der Waals surface area contributed by atoms with E-state index in [1.165, 1.54) is 54.8 Å². The van der Waals surface area contributed by atoms with Crippen LogP contribution in [0.3, 0.4) is 0 Å². The van der Waals surface area contributed by atoms with E-state index in [-0.39, 0.29) is 0 Å². The molecule has 5 nitrogen and oxygen atoms in total. The number of aliphatic imine (C=N–C) groups is 1. The van der Waals surface area contributed by atoms with Crippen LogP contribution in [0, 0.1) is 6.92 Å². The molecule has 0 saturated carbocycles. The molecule has 1 fully saturated rings. The van der Waals surface area contributed by atoms with Crippen molar-refractivity contribution in [3.05, 3.63) is 51.5 Å². The minimum atomic E-state index is 0.702. The van der Waals surface area contributed by atoms with Crippen molar-refractivity contribution in [1.82, 2.24) is 20.5 Å². The lowest BCUT2D eigenvalue weighted by Gasteiger charge is -2.22. The van der Waals surface area contributed by atoms with E-state index in [0.29, 0.717) is 6.54 Å². The molecule has 6 heteroatoms. The molecule has 146 valence electrons. The summed E-state index contributed by atoms with van der Waals surface area (Å²) < 4.78 is 0. The fourth-order valence-electron chi connectivity index (χ4n) is 3.46. The maximum absolute atomic E-state index is 4.39. The fraction of sp³-hybridized carbons (Fsp3) is 0.524. The molecule has 3 rings (SSSR count). The van der Waals surface area contributed by atoms with Crippen LogP contribution in [0.15, 0.2) is 35.5 Å². The maximum Gasteiger partial charge on any atom is 0.191 e. The summed E-state index contributed by atoms with van der Waals surface area (Å²) in [6.45, 7) is 7.04. The van der Waals surface area contributed by atoms with Gasteiger partial charge < -0.3 is 10.6 Å². The molecule has 1 aromatic heterocycles. The van der Waals surface area contributed by atoms with Gasteiger partial charge in [0.05, 0.1) is 6.54 Å². The normalized spacial score (nSPS) is 16.1. The van der Waals surface area contributed by atoms with E-state index in [4.69, 9.17) is 0 Å². The molecule has 0 spiro atoms. The predicted molar refractivity (Wildman–Crippen MR) is 114 cm³/mol. The number of nitrogens with one attached hydrogen (secondary N) is 2. The SMILES string of the molecule is CN=C(NCc1ncc(C)s1)NCc1ccccc1CN1CCCCCC1. The number of aryl methyl sites for hydroxylation is 1. The zero-order valence-electron chi connectivity index (χ0n) is 16.5. The number of likely N-dealkylation sites (tertiary alicyclic amines) is 1. The Bertz CT molecular complexity index is 732. The van der Waals surface area contributed by atoms with E-state index < -0.39 is 0 Å². The number of thiazole rings is 1. The minimum absolute atomic E-state index is 0.702. The lowest BCUT2D eigenvalue weighted by molar-refractivity contribution is 0.276. The van der Waals surface area contributed by atoms with E-state index in [1.54, 1.807) is 11.3 Å². The van der Waals surface area contributed by atoms with Crippen LogP contribution in [0.4, 0.5) is 0 Å². The summed E-state index contributed by atoms with van der Waals surface area (Å²) in [6.07, 6.45) is 7.32. The number of nitrogens with zero attached hydrogens (tertiary/aromatic N) is 3. The van der Waals surface area contributed by atoms with Gasteiger partial charge in [0.25, 0.3) is 0 Å². The van der Waals surface area contributed by atoms with E-state index >= 15 is 0 Å². The summed E-state index contributed by atoms with van der Waals surface area (Å²) >= 11 is 1.72. The van der Waals surface area contributed by atoms with Crippen molar-refractivity contribution in [2.45, 2.75) is 52.2 Å². The second-order valence-corrected chi connectivity index (χ2v) is 8.42. The van der Waals surface area contributed by atoms with Gasteiger partial charge in [-0.25, -0.2) is 4.98 Å². The van der Waals surface area contributed by atoms with Crippen LogP contribution in [0.5, 0.6) is 0 Å². The average molecular weight is 386 g/mol. The van der Waals surface area contributed by atoms with Crippen LogP contribution < -0.4 is 10.6 Å². The van der Waals surface area contributed by atoms with Crippen LogP contribution in [0.2, 0.25) is 0 Å². The Morgan fingerprint density at radius 2 is 1.78 bits per heavy atom. The van der Waals surface area contributed by atoms with Gasteiger partial charge in [-0.1, -0.05) is 37.1 Å². The molecular weight excluding hydrogens is 354 g/mol. The van der Waals surface area contributed by atoms with E-state index in [0.717, 1.165) is 24.1 Å². The van der Waals surface area contributed by atoms with E-state index in [2.05, 4.69) is 56.7 Å². The quantitative estimate of drug-likeness (QED) is 0.588. The first-order valence-electron chi connectivity index (χ1n) is 9.89. The van der Waals surface area contributed by atoms with Gasteiger partial charge in [-0.15, -0.1) is 11.3 Å². The molecule has 2 aromatic rings. The van der Waals surface area contributed by atoms with Gasteiger partial charge in [0, 0.05) is 31.2 Å². The van der Waals surface area contributed by atoms with Crippen molar-refractivity contribution in [1.29, 1.82) is 0 Å². The molecule has 1 aromatic carbocycles. The summed E-state index contributed by atoms with van der Waals surface area (Å²) in [5.41, 5.74) is 2.76. The van der Waals surface area contributed by atoms with Crippen molar-refractivity contribution < 1.29 is 0 Å². The van der Waals surface area contributed by atoms with Gasteiger partial charge in [0.2, 0.25) is 0 Å². The molecular formula is C21H31N5S. The first-order chi connectivity index (χ1) is 13.2. The maximum atomic E-state index is 4.39. The van der Waals surface area contributed by atoms with Gasteiger partial charge in [0.15, 0.2) is 5.96 Å². The molecule has 1 saturated heterocycles. The van der Waals surface area contributed by atoms with E-state index in [1.807, 2.05) is 13.2 Å². The summed E-state index contributed by atoms with van der Waals surface area (Å²) in [5, 5.41) is 7.89. The van der Waals surface area contributed by atoms with Gasteiger partial charge in [-0.2, -0.15) is 0 Å². The highest BCUT2D eigenvalue weighted by Crippen LogP contribution is 2.16. The number of hydrogen-bond acceptors (Lipinski definition) is 4. The molecule has 2 N–H and O–H groups in total. The lowest BCUT2D eigenvalue weighted by Crippen LogP contribution is -2.36. The summed E-state index contributed by atoms with van der Waals surface area (Å²) in [4.78, 5) is 12.6. The Morgan fingerprint density at radius 3 is 2.44 bits per heavy atom. The number of rotatable bonds is 6. The Labute approximate surface area is 166 Å². The second kappa shape index (κ2) is 10.4. The first kappa shape index (κ1) is 19.8. The van der Waals surface area contributed by atoms with Crippen molar-refractivity contribution in [2.24, 2.45) is 4.99 Å². The largest absolute Gasteiger partial charge is 0.352 e. The Hall–Kier alpha value is -1.92. The molecule has 0 radical (unpaired) electrons. The van der Waals surface area contributed by atoms with Gasteiger partial charge in [-0.3, -0.25) is 9.89 Å². The lowest BCUT2D eigenvalue weighted by atomic mass is 10.1. The number of guanidine groups is 1. The minimum Gasteiger partial charge on any atom is -0.352 e. The Morgan fingerprint density at radius 1 is 1.07 bits per heavy atom. The highest BCUT2D eigenvalue weighted by Gasteiger charge is 2.12. The third-order valence-electron chi connectivity index (χ3n) is 4.96. The van der Waals surface area contributed by atoms with Crippen LogP contribution >= 0.6 is 11.3 Å². The number of benzene rings is 1. The average Bonchev–Trinajstić information content (AvgIpc) is 2.93. The number of aromatic nitrogens is 1. The summed E-state index contributed by atoms with van der Waals surface area (Å²) in [6, 6.07) is 8.75. The summed E-state index contributed by atoms with van der Waals surface area (Å²) in [7, 11) is 1.81. The molecule has 1 aliphatic heterocycles. The predicted octanol–water partition coefficient (Wildman–Crippen LogP) is 3.69. The van der Waals surface area contributed by atoms with Gasteiger partial charge >= 0.3 is 0 Å². The van der Waals surface area contributed by atoms with Crippen molar-refractivity contribution >= 4 is 17.3 Å². The first-order valence-corrected chi connectivity index (χ1v) is 10.7. The third kappa shape index (κ3) is 6.33. The smallest absolute Gasteiger partial charge is 0.191 e. The van der Waals surface area contributed by atoms with Crippen molar-refractivity contribution in [3.8, 4) is 0 Å². The Balaban J connectivity index is 1.54. The van der Waals surface area contributed by atoms with E-state index in [9.17, 15) is 0 Å². The monoisotopic (exact) mass is 385 g/mol. The molecule has 0 amide bonds. The molecule has 1 aliphatic rings. The highest BCUT2D eigenvalue weighted by atomic mass is 32.1. The molecule has 0 aliphatic carbocycles. The van der Waals surface area contributed by atoms with Crippen molar-refractivity contribution in [2.75, 3.05) is 20.1 Å². The summed E-state index contributed by atoms with van der Waals surface area (Å²) in [5.74, 6) is 0.812. The molecule has 0 unspecified atom stereocenters. The fourth-order valence-corrected chi connectivity index (χ4v) is 4.19. The molecule has 27 heavy (non-hydrogen) atoms. The van der Waals surface area contributed by atoms with Gasteiger partial charge in [0.1, 0.15) is 5.01 Å². The van der Waals surface area contributed by atoms with Gasteiger partial charge in [-0.05, 0) is 44.0 Å². The molecule has 0 bridgehead atoms. The second-order valence-electron chi connectivity index (χ2n) is 7.10. The van der Waals surface area contributed by atoms with Crippen LogP contribution in [-0.2, 0) is 19.6 Å². The standard InChI is InChI=1S/C21H31N5S/c1-17-13-23-20(27-17)15-25-21(22-2)24-14-18-9-5-6-10-19(18)16-26-11-7-3-4-8-12-26/h5-6,9-10,13H,3-4,7-8,11-12,14-16H2,1-2H3,(H2,22,24,25). The van der Waals surface area contributed by atoms with Crippen LogP contribution in [0.1, 0.15) is 46.7 Å². The molecule has 0 atom stereocenters. The highest BCUT2D eigenvalue weighted by molar-refractivity contribution is 7.11. The Kier molecular flexibility index (Phi) is 7.66. The van der Waals surface area contributed by atoms with Crippen LogP contribution in [-0.4, -0.2) is 36.0 Å². The topological polar surface area (TPSA) is 52.6 Å². The molecule has 2 heterocycles. The third-order valence-corrected chi connectivity index (χ3v) is 5.87.